The Bertz CT molecular complexity index is 2180. The quantitative estimate of drug-likeness (QED) is 0.0317. The van der Waals surface area contributed by atoms with Gasteiger partial charge in [-0.2, -0.15) is 0 Å². The Morgan fingerprint density at radius 3 is 2.16 bits per heavy atom. The molecule has 1 aromatic rings. The number of methoxy groups -OCH3 is 1. The fraction of sp³-hybridized carbons (Fsp3) is 0.792. The minimum atomic E-state index is -1.90. The highest BCUT2D eigenvalue weighted by atomic mass is 16.7. The number of rotatable bonds is 32. The highest BCUT2D eigenvalue weighted by Crippen LogP contribution is 2.36. The third-order valence-electron chi connectivity index (χ3n) is 13.7. The van der Waals surface area contributed by atoms with Crippen LogP contribution in [-0.4, -0.2) is 213 Å². The maximum atomic E-state index is 14.1. The van der Waals surface area contributed by atoms with Crippen molar-refractivity contribution in [2.75, 3.05) is 46.4 Å². The number of aromatic nitrogens is 2. The number of aliphatic carboxylic acids is 2. The highest BCUT2D eigenvalue weighted by molar-refractivity contribution is 5.94. The number of ether oxygens (including phenoxy) is 4. The monoisotopic (exact) mass is 1090 g/mol. The van der Waals surface area contributed by atoms with Crippen LogP contribution in [0.15, 0.2) is 26.8 Å². The van der Waals surface area contributed by atoms with Crippen molar-refractivity contribution in [2.45, 2.75) is 184 Å². The number of carboxylic acids is 2. The summed E-state index contributed by atoms with van der Waals surface area (Å²) < 4.78 is 25.3. The molecule has 3 aliphatic heterocycles. The third-order valence-corrected chi connectivity index (χ3v) is 13.7. The summed E-state index contributed by atoms with van der Waals surface area (Å²) in [5, 5.41) is 82.8. The minimum Gasteiger partial charge on any atom is -0.480 e. The van der Waals surface area contributed by atoms with E-state index >= 15 is 0 Å². The number of aliphatic hydroxyl groups excluding tert-OH is 4. The standard InChI is InChI=1S/C48H83N11O17/c1-8-10-12-17-50-23-27-34(62)39(73-7)45(74-27)76-37(38-35(63)36(64)42(75-38)59-22-16-28(60)54-48(59)72)32(44(69)70)58(20-13-11-9-2)21-14-18-51-40(65)31(33(61)25(5)6)55-41(66)30(26-15-19-52-46(49)53-26)57-47(71)56-29(24(3)4)43(67)68/h16,22,24-27,29-39,42,45,50,61-64H,8-15,17-21,23H2,1-7H3,(H,51,65)(H,55,66)(H,67,68)(H,69,70)(H3,49,52,53)(H,54,60,72)(H2,56,57,71)/t26?,27-,29?,30?,31?,32?,33?,34+,35+,36-,37-,38+,39-,42-,45?/m1/s1. The van der Waals surface area contributed by atoms with Crippen LogP contribution in [0.5, 0.6) is 0 Å². The summed E-state index contributed by atoms with van der Waals surface area (Å²) in [6, 6.07) is -6.98. The molecule has 2 saturated heterocycles. The Morgan fingerprint density at radius 2 is 1.55 bits per heavy atom. The SMILES string of the molecule is CCCCCNC[C@H]1OC(O[C@H](C(C(=O)O)N(CCCCC)CCCNC(=O)C(NC(=O)C(NC(=O)NC(C(=O)O)C(C)C)C2CCN=C(N)N2)C(O)C(C)C)[C@H]2O[C@@H](n3ccc(=O)[nH]c3=O)[C@H](O)[C@@H]2O)[C@H](OC)[C@H]1O. The number of aliphatic hydroxyl groups is 4. The predicted octanol–water partition coefficient (Wildman–Crippen LogP) is -3.17. The molecular weight excluding hydrogens is 1000 g/mol. The van der Waals surface area contributed by atoms with E-state index in [0.29, 0.717) is 19.4 Å². The molecule has 0 spiro atoms. The van der Waals surface area contributed by atoms with Gasteiger partial charge in [0.2, 0.25) is 11.8 Å². The number of urea groups is 1. The van der Waals surface area contributed by atoms with E-state index in [9.17, 15) is 64.2 Å². The average molecular weight is 1090 g/mol. The molecule has 4 amide bonds. The van der Waals surface area contributed by atoms with Crippen molar-refractivity contribution in [3.05, 3.63) is 33.1 Å². The lowest BCUT2D eigenvalue weighted by molar-refractivity contribution is -0.238. The van der Waals surface area contributed by atoms with Crippen LogP contribution in [0.2, 0.25) is 0 Å². The molecule has 28 heteroatoms. The summed E-state index contributed by atoms with van der Waals surface area (Å²) in [6.45, 7) is 11.2. The molecule has 28 nitrogen and oxygen atoms in total. The van der Waals surface area contributed by atoms with Crippen LogP contribution in [-0.2, 0) is 38.1 Å². The van der Waals surface area contributed by atoms with Gasteiger partial charge in [-0.05, 0) is 50.6 Å². The van der Waals surface area contributed by atoms with Crippen molar-refractivity contribution < 1.29 is 73.6 Å². The summed E-state index contributed by atoms with van der Waals surface area (Å²) in [5.74, 6) is -5.69. The first-order valence-corrected chi connectivity index (χ1v) is 26.2. The van der Waals surface area contributed by atoms with Crippen molar-refractivity contribution in [3.63, 3.8) is 0 Å². The number of carbonyl (C=O) groups is 5. The van der Waals surface area contributed by atoms with Gasteiger partial charge in [0.05, 0.1) is 12.1 Å². The number of nitrogens with zero attached hydrogens (tertiary/aromatic N) is 3. The lowest BCUT2D eigenvalue weighted by Crippen LogP contribution is -2.66. The smallest absolute Gasteiger partial charge is 0.330 e. The number of amides is 4. The Balaban J connectivity index is 1.63. The van der Waals surface area contributed by atoms with Gasteiger partial charge in [-0.25, -0.2) is 14.4 Å². The van der Waals surface area contributed by atoms with Gasteiger partial charge in [0.1, 0.15) is 66.9 Å². The van der Waals surface area contributed by atoms with Crippen LogP contribution >= 0.6 is 0 Å². The predicted molar refractivity (Wildman–Crippen MR) is 273 cm³/mol. The zero-order valence-corrected chi connectivity index (χ0v) is 44.5. The Labute approximate surface area is 441 Å². The number of nitrogens with two attached hydrogens (primary N) is 1. The molecule has 7 unspecified atom stereocenters. The van der Waals surface area contributed by atoms with Crippen molar-refractivity contribution in [2.24, 2.45) is 22.6 Å². The first kappa shape index (κ1) is 63.2. The number of aliphatic imine (C=N–C) groups is 1. The van der Waals surface area contributed by atoms with Gasteiger partial charge in [0, 0.05) is 45.6 Å². The number of carboxylic acid groups (broad SMARTS) is 2. The molecule has 15 atom stereocenters. The molecule has 0 radical (unpaired) electrons. The van der Waals surface area contributed by atoms with E-state index in [2.05, 4.69) is 48.8 Å². The maximum absolute atomic E-state index is 14.1. The first-order chi connectivity index (χ1) is 36.1. The maximum Gasteiger partial charge on any atom is 0.330 e. The van der Waals surface area contributed by atoms with Gasteiger partial charge in [0.25, 0.3) is 5.56 Å². The van der Waals surface area contributed by atoms with E-state index in [0.717, 1.165) is 42.5 Å². The Morgan fingerprint density at radius 1 is 0.868 bits per heavy atom. The minimum absolute atomic E-state index is 0.0268. The molecular formula is C48H83N11O17. The van der Waals surface area contributed by atoms with Crippen LogP contribution in [0.4, 0.5) is 4.79 Å². The van der Waals surface area contributed by atoms with Gasteiger partial charge >= 0.3 is 23.7 Å². The van der Waals surface area contributed by atoms with E-state index in [4.69, 9.17) is 24.7 Å². The normalized spacial score (nSPS) is 26.0. The summed E-state index contributed by atoms with van der Waals surface area (Å²) in [6.07, 6.45) is -9.16. The number of hydrogen-bond acceptors (Lipinski definition) is 20. The number of nitrogens with one attached hydrogen (secondary N) is 7. The molecule has 15 N–H and O–H groups in total. The molecule has 4 heterocycles. The molecule has 1 aromatic heterocycles. The molecule has 0 aliphatic carbocycles. The molecule has 76 heavy (non-hydrogen) atoms. The number of hydrogen-bond donors (Lipinski definition) is 14. The van der Waals surface area contributed by atoms with Crippen LogP contribution in [0.3, 0.4) is 0 Å². The van der Waals surface area contributed by atoms with Gasteiger partial charge in [0.15, 0.2) is 18.5 Å². The summed E-state index contributed by atoms with van der Waals surface area (Å²) in [7, 11) is 1.30. The summed E-state index contributed by atoms with van der Waals surface area (Å²) in [5.41, 5.74) is 4.18. The fourth-order valence-corrected chi connectivity index (χ4v) is 9.34. The molecule has 4 rings (SSSR count). The van der Waals surface area contributed by atoms with E-state index in [1.54, 1.807) is 27.7 Å². The Hall–Kier alpha value is -5.30. The molecule has 0 aromatic carbocycles. The zero-order valence-electron chi connectivity index (χ0n) is 44.5. The topological polar surface area (TPSA) is 412 Å². The van der Waals surface area contributed by atoms with Crippen LogP contribution in [0.25, 0.3) is 0 Å². The largest absolute Gasteiger partial charge is 0.480 e. The van der Waals surface area contributed by atoms with Gasteiger partial charge in [-0.3, -0.25) is 38.6 Å². The van der Waals surface area contributed by atoms with E-state index < -0.39 is 144 Å². The number of guanidine groups is 1. The summed E-state index contributed by atoms with van der Waals surface area (Å²) in [4.78, 5) is 99.5. The third kappa shape index (κ3) is 17.4. The van der Waals surface area contributed by atoms with Crippen LogP contribution < -0.4 is 48.9 Å². The number of H-pyrrole nitrogens is 1. The van der Waals surface area contributed by atoms with Crippen LogP contribution in [0, 0.1) is 11.8 Å². The van der Waals surface area contributed by atoms with Gasteiger partial charge in [-0.1, -0.05) is 67.2 Å². The van der Waals surface area contributed by atoms with Crippen LogP contribution in [0.1, 0.15) is 99.1 Å². The van der Waals surface area contributed by atoms with Gasteiger partial charge in [-0.15, -0.1) is 0 Å². The Kier molecular flexibility index (Phi) is 25.5. The number of carbonyl (C=O) groups excluding carboxylic acids is 3. The lowest BCUT2D eigenvalue weighted by Gasteiger charge is -2.39. The van der Waals surface area contributed by atoms with Crippen molar-refractivity contribution in [1.82, 2.24) is 46.4 Å². The molecule has 0 bridgehead atoms. The number of unbranched alkanes of at least 4 members (excludes halogenated alkanes) is 4. The number of aromatic amines is 1. The van der Waals surface area contributed by atoms with Crippen molar-refractivity contribution in [3.8, 4) is 0 Å². The first-order valence-electron chi connectivity index (χ1n) is 26.2. The zero-order chi connectivity index (χ0) is 56.4. The van der Waals surface area contributed by atoms with E-state index in [1.165, 1.54) is 12.0 Å². The van der Waals surface area contributed by atoms with Gasteiger partial charge < -0.3 is 87.2 Å². The van der Waals surface area contributed by atoms with E-state index in [-0.39, 0.29) is 51.5 Å². The second-order valence-electron chi connectivity index (χ2n) is 20.1. The molecule has 0 saturated carbocycles. The highest BCUT2D eigenvalue weighted by Gasteiger charge is 2.55. The fourth-order valence-electron chi connectivity index (χ4n) is 9.34. The molecule has 3 aliphatic rings. The van der Waals surface area contributed by atoms with Crippen molar-refractivity contribution in [1.29, 1.82) is 0 Å². The average Bonchev–Trinajstić information content (AvgIpc) is 3.83. The van der Waals surface area contributed by atoms with E-state index in [1.807, 2.05) is 6.92 Å². The van der Waals surface area contributed by atoms with Crippen molar-refractivity contribution >= 4 is 35.7 Å². The summed E-state index contributed by atoms with van der Waals surface area (Å²) >= 11 is 0. The second-order valence-corrected chi connectivity index (χ2v) is 20.1. The molecule has 2 fully saturated rings. The lowest BCUT2D eigenvalue weighted by atomic mass is 9.96. The molecule has 432 valence electrons. The second kappa shape index (κ2) is 30.6.